The summed E-state index contributed by atoms with van der Waals surface area (Å²) < 4.78 is 0. The largest absolute Gasteiger partial charge is 0.478 e. The molecule has 1 amide bonds. The zero-order chi connectivity index (χ0) is 21.3. The van der Waals surface area contributed by atoms with Gasteiger partial charge in [-0.2, -0.15) is 5.26 Å². The van der Waals surface area contributed by atoms with Gasteiger partial charge in [0.1, 0.15) is 5.69 Å². The van der Waals surface area contributed by atoms with E-state index in [-0.39, 0.29) is 18.0 Å². The van der Waals surface area contributed by atoms with E-state index < -0.39 is 5.97 Å². The van der Waals surface area contributed by atoms with E-state index in [4.69, 9.17) is 10.4 Å². The van der Waals surface area contributed by atoms with Crippen molar-refractivity contribution in [1.29, 1.82) is 5.26 Å². The van der Waals surface area contributed by atoms with Crippen molar-refractivity contribution in [1.82, 2.24) is 10.3 Å². The Balaban J connectivity index is 1.61. The van der Waals surface area contributed by atoms with Crippen molar-refractivity contribution in [3.63, 3.8) is 0 Å². The average Bonchev–Trinajstić information content (AvgIpc) is 2.78. The summed E-state index contributed by atoms with van der Waals surface area (Å²) in [7, 11) is 0. The molecule has 3 aromatic rings. The highest BCUT2D eigenvalue weighted by Gasteiger charge is 2.07. The van der Waals surface area contributed by atoms with Gasteiger partial charge in [0.05, 0.1) is 17.2 Å². The molecule has 6 heteroatoms. The van der Waals surface area contributed by atoms with Crippen molar-refractivity contribution in [2.45, 2.75) is 13.0 Å². The van der Waals surface area contributed by atoms with Gasteiger partial charge in [0, 0.05) is 24.7 Å². The topological polar surface area (TPSA) is 103 Å². The van der Waals surface area contributed by atoms with E-state index in [1.165, 1.54) is 18.3 Å². The van der Waals surface area contributed by atoms with E-state index in [1.807, 2.05) is 12.1 Å². The molecule has 1 aromatic heterocycles. The zero-order valence-corrected chi connectivity index (χ0v) is 15.9. The molecular weight excluding hydrogens is 378 g/mol. The molecule has 146 valence electrons. The van der Waals surface area contributed by atoms with Crippen LogP contribution in [-0.4, -0.2) is 22.0 Å². The molecule has 2 aromatic carbocycles. The Morgan fingerprint density at radius 2 is 1.80 bits per heavy atom. The fourth-order valence-corrected chi connectivity index (χ4v) is 2.68. The summed E-state index contributed by atoms with van der Waals surface area (Å²) in [6.07, 6.45) is 2.00. The van der Waals surface area contributed by atoms with Gasteiger partial charge in [-0.25, -0.2) is 9.78 Å². The molecule has 0 bridgehead atoms. The smallest absolute Gasteiger partial charge is 0.335 e. The van der Waals surface area contributed by atoms with Crippen LogP contribution in [0.25, 0.3) is 0 Å². The number of carboxylic acids is 1. The predicted molar refractivity (Wildman–Crippen MR) is 111 cm³/mol. The van der Waals surface area contributed by atoms with E-state index in [9.17, 15) is 9.59 Å². The molecule has 0 saturated heterocycles. The maximum absolute atomic E-state index is 12.4. The first-order valence-corrected chi connectivity index (χ1v) is 9.09. The molecule has 0 aliphatic rings. The first kappa shape index (κ1) is 20.3. The lowest BCUT2D eigenvalue weighted by molar-refractivity contribution is 0.0696. The number of carbonyl (C=O) groups is 2. The maximum Gasteiger partial charge on any atom is 0.335 e. The third kappa shape index (κ3) is 5.54. The number of pyridine rings is 1. The summed E-state index contributed by atoms with van der Waals surface area (Å²) in [6, 6.07) is 18.9. The van der Waals surface area contributed by atoms with Crippen LogP contribution in [0, 0.1) is 23.2 Å². The number of nitriles is 1. The quantitative estimate of drug-likeness (QED) is 0.646. The monoisotopic (exact) mass is 395 g/mol. The van der Waals surface area contributed by atoms with Crippen molar-refractivity contribution in [2.75, 3.05) is 0 Å². The molecule has 0 unspecified atom stereocenters. The van der Waals surface area contributed by atoms with Gasteiger partial charge in [-0.1, -0.05) is 30.2 Å². The van der Waals surface area contributed by atoms with Crippen LogP contribution in [0.1, 0.15) is 43.1 Å². The van der Waals surface area contributed by atoms with E-state index in [0.717, 1.165) is 11.1 Å². The number of nitrogens with one attached hydrogen (secondary N) is 1. The molecule has 0 aliphatic heterocycles. The first-order chi connectivity index (χ1) is 14.5. The van der Waals surface area contributed by atoms with Crippen molar-refractivity contribution in [3.8, 4) is 17.9 Å². The second kappa shape index (κ2) is 9.68. The predicted octanol–water partition coefficient (Wildman–Crippen LogP) is 3.18. The van der Waals surface area contributed by atoms with E-state index >= 15 is 0 Å². The first-order valence-electron chi connectivity index (χ1n) is 9.09. The Hall–Kier alpha value is -4.42. The average molecular weight is 395 g/mol. The Morgan fingerprint density at radius 3 is 2.53 bits per heavy atom. The maximum atomic E-state index is 12.4. The molecule has 0 aliphatic carbocycles. The second-order valence-corrected chi connectivity index (χ2v) is 6.41. The van der Waals surface area contributed by atoms with Crippen LogP contribution < -0.4 is 5.32 Å². The van der Waals surface area contributed by atoms with Gasteiger partial charge in [-0.3, -0.25) is 4.79 Å². The normalized spacial score (nSPS) is 9.70. The molecule has 0 saturated carbocycles. The number of rotatable bonds is 5. The minimum Gasteiger partial charge on any atom is -0.478 e. The SMILES string of the molecule is N#Cc1cccc(CC#Cc2cc(C(=O)NCc3ccc(C(=O)O)cc3)ccn2)c1. The molecule has 2 N–H and O–H groups in total. The number of amides is 1. The molecule has 3 rings (SSSR count). The number of nitrogens with zero attached hydrogens (tertiary/aromatic N) is 2. The molecule has 0 spiro atoms. The lowest BCUT2D eigenvalue weighted by Gasteiger charge is -2.06. The van der Waals surface area contributed by atoms with Crippen LogP contribution >= 0.6 is 0 Å². The molecule has 1 heterocycles. The molecule has 0 fully saturated rings. The molecule has 0 atom stereocenters. The zero-order valence-electron chi connectivity index (χ0n) is 15.9. The second-order valence-electron chi connectivity index (χ2n) is 6.41. The van der Waals surface area contributed by atoms with Crippen LogP contribution in [0.5, 0.6) is 0 Å². The highest BCUT2D eigenvalue weighted by atomic mass is 16.4. The minimum absolute atomic E-state index is 0.196. The van der Waals surface area contributed by atoms with Gasteiger partial charge in [0.2, 0.25) is 0 Å². The van der Waals surface area contributed by atoms with Gasteiger partial charge < -0.3 is 10.4 Å². The summed E-state index contributed by atoms with van der Waals surface area (Å²) >= 11 is 0. The van der Waals surface area contributed by atoms with Crippen molar-refractivity contribution in [2.24, 2.45) is 0 Å². The number of carboxylic acid groups (broad SMARTS) is 1. The molecule has 0 radical (unpaired) electrons. The van der Waals surface area contributed by atoms with Crippen molar-refractivity contribution in [3.05, 3.63) is 100 Å². The number of benzene rings is 2. The third-order valence-electron chi connectivity index (χ3n) is 4.24. The Bertz CT molecular complexity index is 1180. The highest BCUT2D eigenvalue weighted by Crippen LogP contribution is 2.07. The fourth-order valence-electron chi connectivity index (χ4n) is 2.68. The fraction of sp³-hybridized carbons (Fsp3) is 0.0833. The summed E-state index contributed by atoms with van der Waals surface area (Å²) in [5, 5.41) is 20.7. The van der Waals surface area contributed by atoms with Crippen LogP contribution in [0.2, 0.25) is 0 Å². The van der Waals surface area contributed by atoms with E-state index in [0.29, 0.717) is 23.2 Å². The Kier molecular flexibility index (Phi) is 6.55. The third-order valence-corrected chi connectivity index (χ3v) is 4.24. The molecular formula is C24H17N3O3. The van der Waals surface area contributed by atoms with E-state index in [2.05, 4.69) is 28.2 Å². The highest BCUT2D eigenvalue weighted by molar-refractivity contribution is 5.94. The standard InChI is InChI=1S/C24H17N3O3/c25-15-19-5-1-3-17(13-19)4-2-6-22-14-21(11-12-26-22)23(28)27-16-18-7-9-20(10-8-18)24(29)30/h1,3,5,7-14H,4,16H2,(H,27,28)(H,29,30). The lowest BCUT2D eigenvalue weighted by atomic mass is 10.1. The van der Waals surface area contributed by atoms with Crippen LogP contribution in [0.4, 0.5) is 0 Å². The van der Waals surface area contributed by atoms with Crippen LogP contribution in [-0.2, 0) is 13.0 Å². The lowest BCUT2D eigenvalue weighted by Crippen LogP contribution is -2.23. The van der Waals surface area contributed by atoms with Gasteiger partial charge in [0.25, 0.3) is 5.91 Å². The van der Waals surface area contributed by atoms with E-state index in [1.54, 1.807) is 36.4 Å². The van der Waals surface area contributed by atoms with Crippen LogP contribution in [0.3, 0.4) is 0 Å². The number of aromatic nitrogens is 1. The van der Waals surface area contributed by atoms with Gasteiger partial charge >= 0.3 is 5.97 Å². The summed E-state index contributed by atoms with van der Waals surface area (Å²) in [5.74, 6) is 4.68. The minimum atomic E-state index is -0.992. The molecule has 30 heavy (non-hydrogen) atoms. The number of hydrogen-bond acceptors (Lipinski definition) is 4. The Labute approximate surface area is 173 Å². The summed E-state index contributed by atoms with van der Waals surface area (Å²) in [4.78, 5) is 27.4. The number of hydrogen-bond donors (Lipinski definition) is 2. The molecule has 6 nitrogen and oxygen atoms in total. The summed E-state index contributed by atoms with van der Waals surface area (Å²) in [6.45, 7) is 0.275. The van der Waals surface area contributed by atoms with Crippen molar-refractivity contribution < 1.29 is 14.7 Å². The Morgan fingerprint density at radius 1 is 1.00 bits per heavy atom. The van der Waals surface area contributed by atoms with Gasteiger partial charge in [-0.05, 0) is 53.4 Å². The van der Waals surface area contributed by atoms with Gasteiger partial charge in [-0.15, -0.1) is 0 Å². The van der Waals surface area contributed by atoms with Gasteiger partial charge in [0.15, 0.2) is 0 Å². The van der Waals surface area contributed by atoms with Crippen molar-refractivity contribution >= 4 is 11.9 Å². The number of carbonyl (C=O) groups excluding carboxylic acids is 1. The number of aromatic carboxylic acids is 1. The summed E-state index contributed by atoms with van der Waals surface area (Å²) in [5.41, 5.74) is 3.42. The van der Waals surface area contributed by atoms with Crippen LogP contribution in [0.15, 0.2) is 66.9 Å².